The minimum atomic E-state index is -3.53. The second-order valence-corrected chi connectivity index (χ2v) is 5.62. The molecular formula is C10H11F2NO3S. The number of rotatable bonds is 2. The fourth-order valence-electron chi connectivity index (χ4n) is 1.58. The highest BCUT2D eigenvalue weighted by Crippen LogP contribution is 2.16. The van der Waals surface area contributed by atoms with Gasteiger partial charge in [0.25, 0.3) is 0 Å². The second-order valence-electron chi connectivity index (χ2n) is 3.71. The van der Waals surface area contributed by atoms with Crippen LogP contribution in [0.15, 0.2) is 18.2 Å². The maximum atomic E-state index is 13.4. The predicted octanol–water partition coefficient (Wildman–Crippen LogP) is 1.08. The average molecular weight is 263 g/mol. The van der Waals surface area contributed by atoms with Crippen molar-refractivity contribution in [1.29, 1.82) is 0 Å². The van der Waals surface area contributed by atoms with Gasteiger partial charge < -0.3 is 4.74 Å². The van der Waals surface area contributed by atoms with Crippen molar-refractivity contribution in [1.82, 2.24) is 4.31 Å². The summed E-state index contributed by atoms with van der Waals surface area (Å²) in [5.41, 5.74) is 0.0236. The van der Waals surface area contributed by atoms with Crippen molar-refractivity contribution < 1.29 is 21.9 Å². The molecule has 1 fully saturated rings. The summed E-state index contributed by atoms with van der Waals surface area (Å²) in [6.45, 7) is 0.240. The van der Waals surface area contributed by atoms with Crippen LogP contribution in [0.4, 0.5) is 8.78 Å². The van der Waals surface area contributed by atoms with Gasteiger partial charge in [-0.05, 0) is 18.2 Å². The molecule has 0 radical (unpaired) electrons. The first-order valence-electron chi connectivity index (χ1n) is 4.98. The zero-order chi connectivity index (χ0) is 12.5. The number of hydrogen-bond donors (Lipinski definition) is 0. The lowest BCUT2D eigenvalue weighted by atomic mass is 10.2. The number of hydrogen-bond acceptors (Lipinski definition) is 3. The third-order valence-corrected chi connectivity index (χ3v) is 4.03. The van der Waals surface area contributed by atoms with E-state index >= 15 is 0 Å². The third-order valence-electron chi connectivity index (χ3n) is 2.47. The van der Waals surface area contributed by atoms with Gasteiger partial charge in [-0.25, -0.2) is 17.2 Å². The Morgan fingerprint density at radius 2 is 2.12 bits per heavy atom. The summed E-state index contributed by atoms with van der Waals surface area (Å²) in [6, 6.07) is 2.98. The van der Waals surface area contributed by atoms with E-state index < -0.39 is 27.6 Å². The van der Waals surface area contributed by atoms with Gasteiger partial charge in [-0.1, -0.05) is 0 Å². The molecule has 1 aliphatic heterocycles. The lowest BCUT2D eigenvalue weighted by Gasteiger charge is -2.26. The zero-order valence-corrected chi connectivity index (χ0v) is 9.71. The number of ether oxygens (including phenoxy) is 1. The molecule has 0 aromatic heterocycles. The monoisotopic (exact) mass is 263 g/mol. The molecule has 17 heavy (non-hydrogen) atoms. The summed E-state index contributed by atoms with van der Waals surface area (Å²) in [7, 11) is -3.53. The van der Waals surface area contributed by atoms with E-state index in [4.69, 9.17) is 4.74 Å². The molecule has 2 rings (SSSR count). The second kappa shape index (κ2) is 4.67. The molecule has 0 unspecified atom stereocenters. The SMILES string of the molecule is O=S1(=O)COCCN1Cc1cc(F)ccc1F. The molecular weight excluding hydrogens is 252 g/mol. The lowest BCUT2D eigenvalue weighted by Crippen LogP contribution is -2.40. The molecule has 1 heterocycles. The Bertz CT molecular complexity index is 518. The van der Waals surface area contributed by atoms with Crippen molar-refractivity contribution in [2.75, 3.05) is 19.1 Å². The standard InChI is InChI=1S/C10H11F2NO3S/c11-9-1-2-10(12)8(5-9)6-13-3-4-16-7-17(13,14)15/h1-2,5H,3-4,6-7H2. The van der Waals surface area contributed by atoms with Crippen molar-refractivity contribution in [2.24, 2.45) is 0 Å². The van der Waals surface area contributed by atoms with Gasteiger partial charge >= 0.3 is 0 Å². The van der Waals surface area contributed by atoms with Gasteiger partial charge in [-0.2, -0.15) is 4.31 Å². The Labute approximate surface area is 97.9 Å². The number of sulfonamides is 1. The highest BCUT2D eigenvalue weighted by molar-refractivity contribution is 7.88. The van der Waals surface area contributed by atoms with Crippen LogP contribution in [0.2, 0.25) is 0 Å². The first kappa shape index (κ1) is 12.4. The highest BCUT2D eigenvalue weighted by Gasteiger charge is 2.27. The van der Waals surface area contributed by atoms with Crippen LogP contribution >= 0.6 is 0 Å². The molecule has 1 aromatic rings. The molecule has 4 nitrogen and oxygen atoms in total. The molecule has 0 aliphatic carbocycles. The molecule has 0 N–H and O–H groups in total. The Balaban J connectivity index is 2.22. The lowest BCUT2D eigenvalue weighted by molar-refractivity contribution is 0.130. The topological polar surface area (TPSA) is 46.6 Å². The van der Waals surface area contributed by atoms with E-state index in [-0.39, 0.29) is 25.3 Å². The Morgan fingerprint density at radius 1 is 1.35 bits per heavy atom. The summed E-state index contributed by atoms with van der Waals surface area (Å²) in [5.74, 6) is -1.62. The number of benzene rings is 1. The maximum Gasteiger partial charge on any atom is 0.238 e. The van der Waals surface area contributed by atoms with Gasteiger partial charge in [0.15, 0.2) is 5.94 Å². The minimum Gasteiger partial charge on any atom is -0.363 e. The first-order chi connectivity index (χ1) is 7.99. The van der Waals surface area contributed by atoms with E-state index in [0.717, 1.165) is 22.5 Å². The van der Waals surface area contributed by atoms with Gasteiger partial charge in [0.05, 0.1) is 6.61 Å². The van der Waals surface area contributed by atoms with Crippen molar-refractivity contribution in [3.63, 3.8) is 0 Å². The van der Waals surface area contributed by atoms with Crippen LogP contribution in [0.25, 0.3) is 0 Å². The smallest absolute Gasteiger partial charge is 0.238 e. The van der Waals surface area contributed by atoms with Crippen molar-refractivity contribution in [3.05, 3.63) is 35.4 Å². The minimum absolute atomic E-state index is 0.0236. The first-order valence-corrected chi connectivity index (χ1v) is 6.59. The largest absolute Gasteiger partial charge is 0.363 e. The molecule has 1 aliphatic rings. The number of halogens is 2. The van der Waals surface area contributed by atoms with Crippen molar-refractivity contribution in [2.45, 2.75) is 6.54 Å². The van der Waals surface area contributed by atoms with Gasteiger partial charge in [-0.3, -0.25) is 0 Å². The van der Waals surface area contributed by atoms with Crippen molar-refractivity contribution >= 4 is 10.0 Å². The summed E-state index contributed by atoms with van der Waals surface area (Å²) in [5, 5.41) is 0. The highest BCUT2D eigenvalue weighted by atomic mass is 32.2. The van der Waals surface area contributed by atoms with Gasteiger partial charge in [0.1, 0.15) is 11.6 Å². The fraction of sp³-hybridized carbons (Fsp3) is 0.400. The summed E-state index contributed by atoms with van der Waals surface area (Å²) in [4.78, 5) is 0. The zero-order valence-electron chi connectivity index (χ0n) is 8.90. The van der Waals surface area contributed by atoms with E-state index in [1.54, 1.807) is 0 Å². The molecule has 0 bridgehead atoms. The predicted molar refractivity (Wildman–Crippen MR) is 56.5 cm³/mol. The molecule has 0 saturated carbocycles. The van der Waals surface area contributed by atoms with E-state index in [2.05, 4.69) is 0 Å². The summed E-state index contributed by atoms with van der Waals surface area (Å²) >= 11 is 0. The summed E-state index contributed by atoms with van der Waals surface area (Å²) < 4.78 is 55.3. The van der Waals surface area contributed by atoms with Crippen LogP contribution in [0.3, 0.4) is 0 Å². The maximum absolute atomic E-state index is 13.4. The molecule has 0 spiro atoms. The van der Waals surface area contributed by atoms with Crippen LogP contribution in [-0.4, -0.2) is 31.8 Å². The molecule has 7 heteroatoms. The van der Waals surface area contributed by atoms with E-state index in [1.165, 1.54) is 0 Å². The number of nitrogens with zero attached hydrogens (tertiary/aromatic N) is 1. The Hall–Kier alpha value is -1.05. The molecule has 94 valence electrons. The summed E-state index contributed by atoms with van der Waals surface area (Å²) in [6.07, 6.45) is 0. The van der Waals surface area contributed by atoms with Crippen LogP contribution in [-0.2, 0) is 21.3 Å². The third kappa shape index (κ3) is 2.80. The van der Waals surface area contributed by atoms with E-state index in [1.807, 2.05) is 0 Å². The Kier molecular flexibility index (Phi) is 3.41. The quantitative estimate of drug-likeness (QED) is 0.802. The normalized spacial score (nSPS) is 20.4. The van der Waals surface area contributed by atoms with Gasteiger partial charge in [0, 0.05) is 18.7 Å². The molecule has 1 aromatic carbocycles. The van der Waals surface area contributed by atoms with Crippen molar-refractivity contribution in [3.8, 4) is 0 Å². The van der Waals surface area contributed by atoms with E-state index in [0.29, 0.717) is 0 Å². The van der Waals surface area contributed by atoms with Crippen LogP contribution in [0.1, 0.15) is 5.56 Å². The van der Waals surface area contributed by atoms with Crippen LogP contribution in [0.5, 0.6) is 0 Å². The fourth-order valence-corrected chi connectivity index (χ4v) is 2.74. The molecule has 1 saturated heterocycles. The van der Waals surface area contributed by atoms with Gasteiger partial charge in [0.2, 0.25) is 10.0 Å². The van der Waals surface area contributed by atoms with Gasteiger partial charge in [-0.15, -0.1) is 0 Å². The molecule has 0 amide bonds. The Morgan fingerprint density at radius 3 is 2.82 bits per heavy atom. The molecule has 0 atom stereocenters. The van der Waals surface area contributed by atoms with Crippen LogP contribution < -0.4 is 0 Å². The van der Waals surface area contributed by atoms with E-state index in [9.17, 15) is 17.2 Å². The van der Waals surface area contributed by atoms with Crippen LogP contribution in [0, 0.1) is 11.6 Å². The average Bonchev–Trinajstić information content (AvgIpc) is 2.26.